The Bertz CT molecular complexity index is 1790. The van der Waals surface area contributed by atoms with Crippen molar-refractivity contribution >= 4 is 5.78 Å². The molecule has 0 saturated heterocycles. The van der Waals surface area contributed by atoms with Gasteiger partial charge in [-0.1, -0.05) is 0 Å². The zero-order chi connectivity index (χ0) is 41.4. The summed E-state index contributed by atoms with van der Waals surface area (Å²) in [5, 5.41) is 0. The number of Topliss-reactive ketones (excluding diaryl/α,β-unsaturated/α-hetero) is 1. The van der Waals surface area contributed by atoms with Crippen molar-refractivity contribution in [2.75, 3.05) is 13.2 Å². The molecule has 4 rings (SSSR count). The molecule has 0 saturated carbocycles. The molecule has 0 aliphatic rings. The first-order chi connectivity index (χ1) is 26.3. The number of carbonyl (C=O) groups excluding carboxylic acids is 1. The summed E-state index contributed by atoms with van der Waals surface area (Å²) >= 11 is 0. The molecule has 0 radical (unpaired) electrons. The van der Waals surface area contributed by atoms with Gasteiger partial charge in [-0.25, -0.2) is 43.9 Å². The lowest BCUT2D eigenvalue weighted by Crippen LogP contribution is -2.25. The number of ketones is 1. The Morgan fingerprint density at radius 2 is 0.696 bits per heavy atom. The molecule has 0 heterocycles. The number of halogens is 14. The van der Waals surface area contributed by atoms with Gasteiger partial charge in [0.2, 0.25) is 0 Å². The summed E-state index contributed by atoms with van der Waals surface area (Å²) in [6.07, 6.45) is -6.86. The first kappa shape index (κ1) is 43.5. The quantitative estimate of drug-likeness (QED) is 0.0505. The van der Waals surface area contributed by atoms with Gasteiger partial charge in [0, 0.05) is 61.4 Å². The molecule has 0 bridgehead atoms. The van der Waals surface area contributed by atoms with Crippen LogP contribution in [0.4, 0.5) is 61.5 Å². The van der Waals surface area contributed by atoms with Crippen LogP contribution >= 0.6 is 0 Å². The van der Waals surface area contributed by atoms with Gasteiger partial charge in [0.05, 0.1) is 13.2 Å². The summed E-state index contributed by atoms with van der Waals surface area (Å²) in [5.74, 6) is -22.1. The molecule has 56 heavy (non-hydrogen) atoms. The SMILES string of the molecule is O=C(CCCCCOc1cc(F)c(C(F)(F)Oc2cc(F)c(F)c(F)c2)c(F)c1)CCCCCOc1cc(F)c(C(F)(F)Oc2cc(F)c(F)c(F)c2)c(F)c1. The Labute approximate surface area is 308 Å². The number of unbranched alkanes of at least 4 members (excludes halogenated alkanes) is 4. The molecule has 0 atom stereocenters. The standard InChI is InChI=1S/C37H28F14O5/c38-24-11-20(12-25(39)32(24)36(48,49)55-22-15-28(42)34(46)29(43)16-22)53-9-5-1-3-7-19(52)8-4-2-6-10-54-21-13-26(40)33(27(41)14-21)37(50,51)56-23-17-30(44)35(47)31(45)18-23/h11-18H,1-10H2. The number of hydrogen-bond donors (Lipinski definition) is 0. The van der Waals surface area contributed by atoms with Crippen LogP contribution in [0.2, 0.25) is 0 Å². The zero-order valence-corrected chi connectivity index (χ0v) is 28.5. The molecule has 4 aromatic rings. The number of benzene rings is 4. The van der Waals surface area contributed by atoms with Gasteiger partial charge in [0.1, 0.15) is 63.2 Å². The minimum absolute atomic E-state index is 0.0702. The van der Waals surface area contributed by atoms with Gasteiger partial charge in [-0.15, -0.1) is 0 Å². The lowest BCUT2D eigenvalue weighted by molar-refractivity contribution is -0.190. The molecule has 0 unspecified atom stereocenters. The van der Waals surface area contributed by atoms with Crippen molar-refractivity contribution in [3.05, 3.63) is 118 Å². The van der Waals surface area contributed by atoms with E-state index in [0.717, 1.165) is 0 Å². The fourth-order valence-electron chi connectivity index (χ4n) is 5.11. The van der Waals surface area contributed by atoms with E-state index < -0.39 is 105 Å². The fourth-order valence-corrected chi connectivity index (χ4v) is 5.11. The first-order valence-corrected chi connectivity index (χ1v) is 16.5. The molecule has 304 valence electrons. The van der Waals surface area contributed by atoms with Crippen LogP contribution < -0.4 is 18.9 Å². The van der Waals surface area contributed by atoms with E-state index >= 15 is 0 Å². The molecule has 0 aliphatic heterocycles. The second kappa shape index (κ2) is 18.6. The largest absolute Gasteiger partial charge is 0.493 e. The van der Waals surface area contributed by atoms with Gasteiger partial charge >= 0.3 is 12.2 Å². The van der Waals surface area contributed by atoms with Crippen LogP contribution in [0.5, 0.6) is 23.0 Å². The van der Waals surface area contributed by atoms with E-state index in [4.69, 9.17) is 9.47 Å². The summed E-state index contributed by atoms with van der Waals surface area (Å²) in [5.41, 5.74) is -3.77. The molecule has 0 aromatic heterocycles. The minimum atomic E-state index is -4.76. The highest BCUT2D eigenvalue weighted by atomic mass is 19.3. The second-order valence-corrected chi connectivity index (χ2v) is 12.0. The van der Waals surface area contributed by atoms with E-state index in [1.165, 1.54) is 0 Å². The number of rotatable bonds is 20. The van der Waals surface area contributed by atoms with Gasteiger partial charge in [0.15, 0.2) is 34.9 Å². The molecule has 19 heteroatoms. The molecule has 0 N–H and O–H groups in total. The summed E-state index contributed by atoms with van der Waals surface area (Å²) in [4.78, 5) is 12.2. The highest BCUT2D eigenvalue weighted by Gasteiger charge is 2.43. The molecule has 4 aromatic carbocycles. The van der Waals surface area contributed by atoms with E-state index in [9.17, 15) is 66.3 Å². The van der Waals surface area contributed by atoms with Crippen LogP contribution in [0.15, 0.2) is 48.5 Å². The Hall–Kier alpha value is -5.23. The zero-order valence-electron chi connectivity index (χ0n) is 28.5. The predicted octanol–water partition coefficient (Wildman–Crippen LogP) is 11.5. The Kier molecular flexibility index (Phi) is 14.5. The summed E-state index contributed by atoms with van der Waals surface area (Å²) in [7, 11) is 0. The third-order valence-electron chi connectivity index (χ3n) is 7.76. The Morgan fingerprint density at radius 1 is 0.411 bits per heavy atom. The van der Waals surface area contributed by atoms with Gasteiger partial charge < -0.3 is 18.9 Å². The molecule has 0 aliphatic carbocycles. The van der Waals surface area contributed by atoms with Crippen LogP contribution in [-0.4, -0.2) is 19.0 Å². The minimum Gasteiger partial charge on any atom is -0.493 e. The highest BCUT2D eigenvalue weighted by molar-refractivity contribution is 5.78. The maximum Gasteiger partial charge on any atom is 0.432 e. The molecule has 0 amide bonds. The van der Waals surface area contributed by atoms with Crippen molar-refractivity contribution < 1.29 is 85.2 Å². The van der Waals surface area contributed by atoms with E-state index in [1.54, 1.807) is 0 Å². The van der Waals surface area contributed by atoms with E-state index in [1.807, 2.05) is 0 Å². The van der Waals surface area contributed by atoms with Gasteiger partial charge in [0.25, 0.3) is 0 Å². The molecule has 5 nitrogen and oxygen atoms in total. The normalized spacial score (nSPS) is 11.8. The molecular weight excluding hydrogens is 790 g/mol. The van der Waals surface area contributed by atoms with Gasteiger partial charge in [-0.05, 0) is 38.5 Å². The lowest BCUT2D eigenvalue weighted by Gasteiger charge is -2.20. The smallest absolute Gasteiger partial charge is 0.432 e. The van der Waals surface area contributed by atoms with Crippen molar-refractivity contribution in [1.29, 1.82) is 0 Å². The van der Waals surface area contributed by atoms with E-state index in [0.29, 0.717) is 62.8 Å². The average Bonchev–Trinajstić information content (AvgIpc) is 3.07. The lowest BCUT2D eigenvalue weighted by atomic mass is 10.1. The van der Waals surface area contributed by atoms with Crippen LogP contribution in [0.25, 0.3) is 0 Å². The number of hydrogen-bond acceptors (Lipinski definition) is 5. The Balaban J connectivity index is 1.11. The van der Waals surface area contributed by atoms with E-state index in [-0.39, 0.29) is 56.1 Å². The molecule has 0 spiro atoms. The van der Waals surface area contributed by atoms with Gasteiger partial charge in [-0.3, -0.25) is 4.79 Å². The monoisotopic (exact) mass is 818 g/mol. The van der Waals surface area contributed by atoms with Crippen LogP contribution in [0, 0.1) is 58.2 Å². The van der Waals surface area contributed by atoms with Crippen LogP contribution in [0.1, 0.15) is 62.5 Å². The second-order valence-electron chi connectivity index (χ2n) is 12.0. The molecular formula is C37H28F14O5. The van der Waals surface area contributed by atoms with Gasteiger partial charge in [-0.2, -0.15) is 17.6 Å². The maximum absolute atomic E-state index is 14.5. The third kappa shape index (κ3) is 11.4. The maximum atomic E-state index is 14.5. The Morgan fingerprint density at radius 3 is 1.00 bits per heavy atom. The van der Waals surface area contributed by atoms with E-state index in [2.05, 4.69) is 9.47 Å². The van der Waals surface area contributed by atoms with Crippen LogP contribution in [-0.2, 0) is 17.0 Å². The third-order valence-corrected chi connectivity index (χ3v) is 7.76. The van der Waals surface area contributed by atoms with Crippen LogP contribution in [0.3, 0.4) is 0 Å². The number of carbonyl (C=O) groups is 1. The first-order valence-electron chi connectivity index (χ1n) is 16.5. The summed E-state index contributed by atoms with van der Waals surface area (Å²) in [6, 6.07) is 2.04. The van der Waals surface area contributed by atoms with Crippen molar-refractivity contribution in [3.63, 3.8) is 0 Å². The molecule has 0 fully saturated rings. The van der Waals surface area contributed by atoms with Crippen molar-refractivity contribution in [2.24, 2.45) is 0 Å². The van der Waals surface area contributed by atoms with Crippen molar-refractivity contribution in [3.8, 4) is 23.0 Å². The highest BCUT2D eigenvalue weighted by Crippen LogP contribution is 2.39. The topological polar surface area (TPSA) is 54.0 Å². The van der Waals surface area contributed by atoms with Crippen molar-refractivity contribution in [2.45, 2.75) is 63.6 Å². The van der Waals surface area contributed by atoms with Crippen molar-refractivity contribution in [1.82, 2.24) is 0 Å². The number of alkyl halides is 4. The summed E-state index contributed by atoms with van der Waals surface area (Å²) < 4.78 is 214. The average molecular weight is 819 g/mol. The predicted molar refractivity (Wildman–Crippen MR) is 167 cm³/mol. The number of ether oxygens (including phenoxy) is 4. The summed E-state index contributed by atoms with van der Waals surface area (Å²) in [6.45, 7) is -0.225. The fraction of sp³-hybridized carbons (Fsp3) is 0.324.